The summed E-state index contributed by atoms with van der Waals surface area (Å²) in [5, 5.41) is 5.06. The zero-order valence-electron chi connectivity index (χ0n) is 29.6. The van der Waals surface area contributed by atoms with E-state index in [4.69, 9.17) is 0 Å². The summed E-state index contributed by atoms with van der Waals surface area (Å²) in [6.45, 7) is 0. The first-order valence-corrected chi connectivity index (χ1v) is 19.2. The van der Waals surface area contributed by atoms with Crippen molar-refractivity contribution in [3.63, 3.8) is 0 Å². The Bertz CT molecular complexity index is 2910. The molecule has 10 rings (SSSR count). The highest BCUT2D eigenvalue weighted by molar-refractivity contribution is 7.26. The summed E-state index contributed by atoms with van der Waals surface area (Å²) in [6, 6.07) is 77.1. The average Bonchev–Trinajstić information content (AvgIpc) is 3.64. The molecule has 9 aromatic carbocycles. The fourth-order valence-corrected chi connectivity index (χ4v) is 9.03. The second-order valence-corrected chi connectivity index (χ2v) is 14.8. The van der Waals surface area contributed by atoms with E-state index in [1.807, 2.05) is 11.3 Å². The Morgan fingerprint density at radius 1 is 0.315 bits per heavy atom. The van der Waals surface area contributed by atoms with Crippen molar-refractivity contribution in [1.82, 2.24) is 0 Å². The molecule has 0 aliphatic rings. The fourth-order valence-electron chi connectivity index (χ4n) is 7.83. The molecule has 1 aromatic heterocycles. The summed E-state index contributed by atoms with van der Waals surface area (Å²) in [4.78, 5) is 2.46. The van der Waals surface area contributed by atoms with Gasteiger partial charge in [-0.1, -0.05) is 170 Å². The first-order valence-electron chi connectivity index (χ1n) is 18.4. The van der Waals surface area contributed by atoms with Crippen molar-refractivity contribution < 1.29 is 0 Å². The zero-order chi connectivity index (χ0) is 35.8. The van der Waals surface area contributed by atoms with Gasteiger partial charge in [-0.05, 0) is 92.2 Å². The smallest absolute Gasteiger partial charge is 0.0640 e. The van der Waals surface area contributed by atoms with Crippen molar-refractivity contribution in [2.24, 2.45) is 0 Å². The van der Waals surface area contributed by atoms with Crippen LogP contribution in [0, 0.1) is 0 Å². The van der Waals surface area contributed by atoms with Crippen LogP contribution in [0.2, 0.25) is 0 Å². The lowest BCUT2D eigenvalue weighted by Crippen LogP contribution is -2.11. The van der Waals surface area contributed by atoms with E-state index in [-0.39, 0.29) is 0 Å². The minimum Gasteiger partial charge on any atom is -0.308 e. The number of thiophene rings is 1. The monoisotopic (exact) mass is 705 g/mol. The Kier molecular flexibility index (Phi) is 8.09. The predicted octanol–water partition coefficient (Wildman–Crippen LogP) is 15.3. The van der Waals surface area contributed by atoms with E-state index in [1.54, 1.807) is 0 Å². The van der Waals surface area contributed by atoms with Gasteiger partial charge in [0.15, 0.2) is 0 Å². The molecule has 1 heterocycles. The highest BCUT2D eigenvalue weighted by Gasteiger charge is 2.21. The van der Waals surface area contributed by atoms with E-state index in [0.29, 0.717) is 0 Å². The van der Waals surface area contributed by atoms with Crippen LogP contribution in [-0.4, -0.2) is 0 Å². The SMILES string of the molecule is c1ccc(-c2ccc(-c3ccccc3N(c3ccc(-c4cc5ccccc5cc4-c4ccccc4)cc3)c3cccc4c3sc3ccccc34)cc2)cc1. The molecule has 0 amide bonds. The lowest BCUT2D eigenvalue weighted by atomic mass is 9.91. The van der Waals surface area contributed by atoms with Crippen LogP contribution in [0.4, 0.5) is 17.1 Å². The van der Waals surface area contributed by atoms with Gasteiger partial charge < -0.3 is 4.90 Å². The summed E-state index contributed by atoms with van der Waals surface area (Å²) >= 11 is 1.87. The minimum absolute atomic E-state index is 1.11. The number of rotatable bonds is 7. The van der Waals surface area contributed by atoms with Crippen LogP contribution in [0.1, 0.15) is 0 Å². The summed E-state index contributed by atoms with van der Waals surface area (Å²) in [5.74, 6) is 0. The van der Waals surface area contributed by atoms with Crippen LogP contribution < -0.4 is 4.90 Å². The minimum atomic E-state index is 1.11. The maximum atomic E-state index is 2.46. The first-order chi connectivity index (χ1) is 26.8. The van der Waals surface area contributed by atoms with Crippen LogP contribution in [0.25, 0.3) is 75.5 Å². The quantitative estimate of drug-likeness (QED) is 0.160. The number of hydrogen-bond acceptors (Lipinski definition) is 2. The molecular weight excluding hydrogens is 671 g/mol. The molecule has 0 fully saturated rings. The van der Waals surface area contributed by atoms with Gasteiger partial charge in [0.25, 0.3) is 0 Å². The van der Waals surface area contributed by atoms with Gasteiger partial charge in [-0.25, -0.2) is 0 Å². The molecule has 0 unspecified atom stereocenters. The highest BCUT2D eigenvalue weighted by Crippen LogP contribution is 2.47. The molecule has 54 heavy (non-hydrogen) atoms. The summed E-state index contributed by atoms with van der Waals surface area (Å²) in [7, 11) is 0. The van der Waals surface area contributed by atoms with E-state index in [1.165, 1.54) is 81.1 Å². The Morgan fingerprint density at radius 3 is 1.52 bits per heavy atom. The van der Waals surface area contributed by atoms with Gasteiger partial charge in [-0.2, -0.15) is 0 Å². The Balaban J connectivity index is 1.15. The molecule has 2 heteroatoms. The number of hydrogen-bond donors (Lipinski definition) is 0. The average molecular weight is 706 g/mol. The molecule has 0 saturated heterocycles. The van der Waals surface area contributed by atoms with Crippen LogP contribution in [0.5, 0.6) is 0 Å². The van der Waals surface area contributed by atoms with E-state index < -0.39 is 0 Å². The number of anilines is 3. The van der Waals surface area contributed by atoms with Gasteiger partial charge >= 0.3 is 0 Å². The molecule has 0 saturated carbocycles. The van der Waals surface area contributed by atoms with Gasteiger partial charge in [-0.15, -0.1) is 11.3 Å². The number of nitrogens with zero attached hydrogens (tertiary/aromatic N) is 1. The predicted molar refractivity (Wildman–Crippen MR) is 233 cm³/mol. The Labute approximate surface area is 319 Å². The molecule has 0 aliphatic heterocycles. The molecule has 1 nitrogen and oxygen atoms in total. The Morgan fingerprint density at radius 2 is 0.796 bits per heavy atom. The van der Waals surface area contributed by atoms with E-state index in [9.17, 15) is 0 Å². The van der Waals surface area contributed by atoms with E-state index in [2.05, 4.69) is 217 Å². The van der Waals surface area contributed by atoms with Crippen molar-refractivity contribution in [2.75, 3.05) is 4.90 Å². The molecular formula is C52H35NS. The topological polar surface area (TPSA) is 3.24 Å². The van der Waals surface area contributed by atoms with Gasteiger partial charge in [0, 0.05) is 26.7 Å². The molecule has 0 radical (unpaired) electrons. The summed E-state index contributed by atoms with van der Waals surface area (Å²) < 4.78 is 2.57. The van der Waals surface area contributed by atoms with Crippen LogP contribution in [0.3, 0.4) is 0 Å². The van der Waals surface area contributed by atoms with Crippen molar-refractivity contribution in [3.05, 3.63) is 212 Å². The number of benzene rings is 9. The largest absolute Gasteiger partial charge is 0.308 e. The number of para-hydroxylation sites is 1. The van der Waals surface area contributed by atoms with Crippen molar-refractivity contribution >= 4 is 59.3 Å². The Hall–Kier alpha value is -6.74. The van der Waals surface area contributed by atoms with Crippen LogP contribution in [0.15, 0.2) is 212 Å². The van der Waals surface area contributed by atoms with Crippen molar-refractivity contribution in [2.45, 2.75) is 0 Å². The van der Waals surface area contributed by atoms with Crippen molar-refractivity contribution in [3.8, 4) is 44.5 Å². The summed E-state index contributed by atoms with van der Waals surface area (Å²) in [6.07, 6.45) is 0. The summed E-state index contributed by atoms with van der Waals surface area (Å²) in [5.41, 5.74) is 13.1. The molecule has 0 N–H and O–H groups in total. The van der Waals surface area contributed by atoms with E-state index in [0.717, 1.165) is 11.4 Å². The lowest BCUT2D eigenvalue weighted by molar-refractivity contribution is 1.30. The third-order valence-electron chi connectivity index (χ3n) is 10.5. The van der Waals surface area contributed by atoms with Crippen LogP contribution in [-0.2, 0) is 0 Å². The van der Waals surface area contributed by atoms with Crippen molar-refractivity contribution in [1.29, 1.82) is 0 Å². The molecule has 0 aliphatic carbocycles. The van der Waals surface area contributed by atoms with Gasteiger partial charge in [-0.3, -0.25) is 0 Å². The highest BCUT2D eigenvalue weighted by atomic mass is 32.1. The normalized spacial score (nSPS) is 11.3. The van der Waals surface area contributed by atoms with Gasteiger partial charge in [0.1, 0.15) is 0 Å². The standard InChI is InChI=1S/C52H35NS/c1-3-14-36(15-4-1)37-26-28-39(29-27-37)44-20-9-11-23-49(44)53(50-24-13-22-46-45-21-10-12-25-51(45)54-52(46)50)43-32-30-40(31-33-43)48-35-42-19-8-7-18-41(42)34-47(48)38-16-5-2-6-17-38/h1-35H. The number of fused-ring (bicyclic) bond motifs is 4. The third kappa shape index (κ3) is 5.74. The maximum absolute atomic E-state index is 2.46. The molecule has 0 spiro atoms. The second kappa shape index (κ2) is 13.7. The third-order valence-corrected chi connectivity index (χ3v) is 11.7. The maximum Gasteiger partial charge on any atom is 0.0640 e. The fraction of sp³-hybridized carbons (Fsp3) is 0. The first kappa shape index (κ1) is 32.0. The zero-order valence-corrected chi connectivity index (χ0v) is 30.4. The molecule has 254 valence electrons. The van der Waals surface area contributed by atoms with Gasteiger partial charge in [0.05, 0.1) is 16.1 Å². The molecule has 0 atom stereocenters. The molecule has 0 bridgehead atoms. The van der Waals surface area contributed by atoms with Gasteiger partial charge in [0.2, 0.25) is 0 Å². The second-order valence-electron chi connectivity index (χ2n) is 13.7. The van der Waals surface area contributed by atoms with E-state index >= 15 is 0 Å². The van der Waals surface area contributed by atoms with Crippen LogP contribution >= 0.6 is 11.3 Å². The lowest BCUT2D eigenvalue weighted by Gasteiger charge is -2.28. The molecule has 10 aromatic rings.